The number of nitrogens with zero attached hydrogens (tertiary/aromatic N) is 1. The third kappa shape index (κ3) is 2.44. The van der Waals surface area contributed by atoms with Crippen molar-refractivity contribution in [2.45, 2.75) is 0 Å². The second kappa shape index (κ2) is 5.16. The van der Waals surface area contributed by atoms with Gasteiger partial charge in [-0.1, -0.05) is 11.6 Å². The zero-order valence-electron chi connectivity index (χ0n) is 9.93. The topological polar surface area (TPSA) is 50.2 Å². The monoisotopic (exact) mass is 367 g/mol. The molecule has 0 saturated carbocycles. The molecule has 3 aromatic rings. The van der Waals surface area contributed by atoms with Gasteiger partial charge in [-0.25, -0.2) is 9.78 Å². The molecule has 0 saturated heterocycles. The molecule has 20 heavy (non-hydrogen) atoms. The summed E-state index contributed by atoms with van der Waals surface area (Å²) in [5.41, 5.74) is 1.47. The molecular weight excluding hydrogens is 362 g/mol. The Labute approximate surface area is 132 Å². The molecule has 3 rings (SSSR count). The number of halogens is 2. The van der Waals surface area contributed by atoms with Crippen LogP contribution < -0.4 is 0 Å². The molecule has 1 aromatic carbocycles. The molecule has 0 fully saturated rings. The standard InChI is InChI=1S/C14H7BrClNO2S/c15-7-3-13(20-6-7)12-5-10(14(18)19)9-4-8(16)1-2-11(9)17-12/h1-6H,(H,18,19). The van der Waals surface area contributed by atoms with Crippen molar-refractivity contribution in [2.75, 3.05) is 0 Å². The Hall–Kier alpha value is -1.43. The van der Waals surface area contributed by atoms with Gasteiger partial charge in [0.15, 0.2) is 0 Å². The van der Waals surface area contributed by atoms with Gasteiger partial charge in [-0.2, -0.15) is 0 Å². The number of thiophene rings is 1. The van der Waals surface area contributed by atoms with Crippen LogP contribution in [0.3, 0.4) is 0 Å². The first kappa shape index (κ1) is 13.5. The fourth-order valence-corrected chi connectivity index (χ4v) is 3.51. The van der Waals surface area contributed by atoms with E-state index in [9.17, 15) is 9.90 Å². The lowest BCUT2D eigenvalue weighted by Crippen LogP contribution is -1.99. The Kier molecular flexibility index (Phi) is 3.50. The molecule has 0 radical (unpaired) electrons. The number of carboxylic acid groups (broad SMARTS) is 1. The molecule has 1 N–H and O–H groups in total. The molecule has 0 atom stereocenters. The SMILES string of the molecule is O=C(O)c1cc(-c2cc(Br)cs2)nc2ccc(Cl)cc12. The smallest absolute Gasteiger partial charge is 0.336 e. The van der Waals surface area contributed by atoms with E-state index in [0.29, 0.717) is 21.6 Å². The minimum absolute atomic E-state index is 0.206. The van der Waals surface area contributed by atoms with Crippen LogP contribution >= 0.6 is 38.9 Å². The molecule has 0 aliphatic carbocycles. The molecule has 0 aliphatic rings. The van der Waals surface area contributed by atoms with Crippen molar-refractivity contribution in [2.24, 2.45) is 0 Å². The predicted molar refractivity (Wildman–Crippen MR) is 84.7 cm³/mol. The summed E-state index contributed by atoms with van der Waals surface area (Å²) in [5, 5.41) is 12.3. The predicted octanol–water partition coefficient (Wildman–Crippen LogP) is 5.08. The number of aromatic carboxylic acids is 1. The van der Waals surface area contributed by atoms with Crippen molar-refractivity contribution in [3.05, 3.63) is 50.8 Å². The number of fused-ring (bicyclic) bond motifs is 1. The normalized spacial score (nSPS) is 10.9. The van der Waals surface area contributed by atoms with Gasteiger partial charge in [0.05, 0.1) is 21.7 Å². The first-order valence-corrected chi connectivity index (χ1v) is 7.67. The van der Waals surface area contributed by atoms with Gasteiger partial charge in [0.25, 0.3) is 0 Å². The second-order valence-electron chi connectivity index (χ2n) is 4.15. The summed E-state index contributed by atoms with van der Waals surface area (Å²) in [6.45, 7) is 0. The van der Waals surface area contributed by atoms with E-state index in [4.69, 9.17) is 11.6 Å². The van der Waals surface area contributed by atoms with E-state index >= 15 is 0 Å². The van der Waals surface area contributed by atoms with Crippen LogP contribution in [0.25, 0.3) is 21.5 Å². The minimum atomic E-state index is -0.989. The highest BCUT2D eigenvalue weighted by atomic mass is 79.9. The van der Waals surface area contributed by atoms with Crippen molar-refractivity contribution in [3.63, 3.8) is 0 Å². The lowest BCUT2D eigenvalue weighted by Gasteiger charge is -2.06. The summed E-state index contributed by atoms with van der Waals surface area (Å²) in [5.74, 6) is -0.989. The molecule has 0 aliphatic heterocycles. The van der Waals surface area contributed by atoms with Gasteiger partial charge in [0.1, 0.15) is 0 Å². The molecule has 6 heteroatoms. The van der Waals surface area contributed by atoms with E-state index in [1.807, 2.05) is 11.4 Å². The highest BCUT2D eigenvalue weighted by molar-refractivity contribution is 9.10. The summed E-state index contributed by atoms with van der Waals surface area (Å²) < 4.78 is 0.951. The van der Waals surface area contributed by atoms with Gasteiger partial charge in [-0.05, 0) is 46.3 Å². The van der Waals surface area contributed by atoms with Gasteiger partial charge in [-0.3, -0.25) is 0 Å². The van der Waals surface area contributed by atoms with E-state index in [1.54, 1.807) is 24.3 Å². The van der Waals surface area contributed by atoms with Crippen LogP contribution in [0.1, 0.15) is 10.4 Å². The first-order valence-electron chi connectivity index (χ1n) is 5.62. The maximum Gasteiger partial charge on any atom is 0.336 e. The number of pyridine rings is 1. The Morgan fingerprint density at radius 1 is 1.30 bits per heavy atom. The zero-order chi connectivity index (χ0) is 14.3. The fraction of sp³-hybridized carbons (Fsp3) is 0. The van der Waals surface area contributed by atoms with Crippen molar-refractivity contribution in [3.8, 4) is 10.6 Å². The maximum absolute atomic E-state index is 11.4. The van der Waals surface area contributed by atoms with Crippen LogP contribution in [0.4, 0.5) is 0 Å². The van der Waals surface area contributed by atoms with Gasteiger partial charge < -0.3 is 5.11 Å². The molecule has 0 amide bonds. The van der Waals surface area contributed by atoms with E-state index in [0.717, 1.165) is 9.35 Å². The van der Waals surface area contributed by atoms with Crippen molar-refractivity contribution < 1.29 is 9.90 Å². The highest BCUT2D eigenvalue weighted by Gasteiger charge is 2.14. The maximum atomic E-state index is 11.4. The molecule has 2 aromatic heterocycles. The number of carbonyl (C=O) groups is 1. The summed E-state index contributed by atoms with van der Waals surface area (Å²) in [6, 6.07) is 8.56. The molecule has 2 heterocycles. The molecule has 100 valence electrons. The number of carboxylic acids is 1. The number of aromatic nitrogens is 1. The van der Waals surface area contributed by atoms with Crippen molar-refractivity contribution >= 4 is 55.7 Å². The van der Waals surface area contributed by atoms with Gasteiger partial charge in [0, 0.05) is 20.3 Å². The number of rotatable bonds is 2. The molecule has 0 spiro atoms. The Morgan fingerprint density at radius 2 is 2.10 bits per heavy atom. The van der Waals surface area contributed by atoms with Crippen LogP contribution in [0.2, 0.25) is 5.02 Å². The summed E-state index contributed by atoms with van der Waals surface area (Å²) in [6.07, 6.45) is 0. The quantitative estimate of drug-likeness (QED) is 0.686. The van der Waals surface area contributed by atoms with Crippen molar-refractivity contribution in [1.82, 2.24) is 4.98 Å². The van der Waals surface area contributed by atoms with E-state index < -0.39 is 5.97 Å². The number of hydrogen-bond acceptors (Lipinski definition) is 3. The first-order chi connectivity index (χ1) is 9.54. The second-order valence-corrected chi connectivity index (χ2v) is 6.41. The minimum Gasteiger partial charge on any atom is -0.478 e. The number of benzene rings is 1. The molecule has 0 bridgehead atoms. The lowest BCUT2D eigenvalue weighted by molar-refractivity contribution is 0.0699. The Morgan fingerprint density at radius 3 is 2.75 bits per heavy atom. The van der Waals surface area contributed by atoms with Crippen molar-refractivity contribution in [1.29, 1.82) is 0 Å². The van der Waals surface area contributed by atoms with Gasteiger partial charge >= 0.3 is 5.97 Å². The van der Waals surface area contributed by atoms with E-state index in [-0.39, 0.29) is 5.56 Å². The average molecular weight is 369 g/mol. The van der Waals surface area contributed by atoms with Crippen LogP contribution in [0, 0.1) is 0 Å². The van der Waals surface area contributed by atoms with Gasteiger partial charge in [-0.15, -0.1) is 11.3 Å². The largest absolute Gasteiger partial charge is 0.478 e. The average Bonchev–Trinajstić information content (AvgIpc) is 2.84. The number of hydrogen-bond donors (Lipinski definition) is 1. The fourth-order valence-electron chi connectivity index (χ4n) is 1.95. The summed E-state index contributed by atoms with van der Waals surface area (Å²) >= 11 is 10.8. The summed E-state index contributed by atoms with van der Waals surface area (Å²) in [4.78, 5) is 16.9. The van der Waals surface area contributed by atoms with E-state index in [2.05, 4.69) is 20.9 Å². The van der Waals surface area contributed by atoms with Gasteiger partial charge in [0.2, 0.25) is 0 Å². The Balaban J connectivity index is 2.31. The van der Waals surface area contributed by atoms with Crippen LogP contribution in [0.5, 0.6) is 0 Å². The summed E-state index contributed by atoms with van der Waals surface area (Å²) in [7, 11) is 0. The van der Waals surface area contributed by atoms with Crippen LogP contribution in [-0.4, -0.2) is 16.1 Å². The Bertz CT molecular complexity index is 831. The van der Waals surface area contributed by atoms with E-state index in [1.165, 1.54) is 11.3 Å². The van der Waals surface area contributed by atoms with Crippen LogP contribution in [0.15, 0.2) is 40.2 Å². The lowest BCUT2D eigenvalue weighted by atomic mass is 10.1. The molecule has 0 unspecified atom stereocenters. The third-order valence-corrected chi connectivity index (χ3v) is 4.77. The molecule has 3 nitrogen and oxygen atoms in total. The highest BCUT2D eigenvalue weighted by Crippen LogP contribution is 2.32. The molecular formula is C14H7BrClNO2S. The zero-order valence-corrected chi connectivity index (χ0v) is 13.1. The third-order valence-electron chi connectivity index (χ3n) is 2.82. The van der Waals surface area contributed by atoms with Crippen LogP contribution in [-0.2, 0) is 0 Å².